The Balaban J connectivity index is 2.64. The highest BCUT2D eigenvalue weighted by Gasteiger charge is 2.23. The van der Waals surface area contributed by atoms with Crippen LogP contribution in [0.15, 0.2) is 39.9 Å². The number of carbonyl (C=O) groups excluding carboxylic acids is 1. The summed E-state index contributed by atoms with van der Waals surface area (Å²) in [7, 11) is 0. The van der Waals surface area contributed by atoms with Gasteiger partial charge in [0.1, 0.15) is 0 Å². The molecule has 1 aromatic heterocycles. The van der Waals surface area contributed by atoms with Gasteiger partial charge < -0.3 is 10.4 Å². The second kappa shape index (κ2) is 8.32. The topological polar surface area (TPSA) is 93.3 Å². The third-order valence-electron chi connectivity index (χ3n) is 3.88. The number of aromatic nitrogens is 2. The van der Waals surface area contributed by atoms with Gasteiger partial charge in [0.25, 0.3) is 11.5 Å². The highest BCUT2D eigenvalue weighted by Crippen LogP contribution is 2.13. The van der Waals surface area contributed by atoms with Crippen LogP contribution in [0.25, 0.3) is 0 Å². The number of aromatic hydroxyl groups is 1. The van der Waals surface area contributed by atoms with E-state index >= 15 is 0 Å². The molecular formula is C18H23N3O4. The molecule has 0 radical (unpaired) electrons. The number of nitrogens with one attached hydrogen (secondary N) is 1. The molecule has 1 amide bonds. The molecular weight excluding hydrogens is 322 g/mol. The molecule has 2 N–H and O–H groups in total. The Morgan fingerprint density at radius 1 is 1.12 bits per heavy atom. The van der Waals surface area contributed by atoms with E-state index in [-0.39, 0.29) is 13.1 Å². The first-order chi connectivity index (χ1) is 12.0. The Labute approximate surface area is 145 Å². The summed E-state index contributed by atoms with van der Waals surface area (Å²) >= 11 is 0. The fraction of sp³-hybridized carbons (Fsp3) is 0.389. The highest BCUT2D eigenvalue weighted by molar-refractivity contribution is 5.95. The number of carbonyl (C=O) groups is 1. The first kappa shape index (κ1) is 18.5. The second-order valence-electron chi connectivity index (χ2n) is 5.72. The summed E-state index contributed by atoms with van der Waals surface area (Å²) in [5.74, 6) is -1.28. The van der Waals surface area contributed by atoms with Crippen LogP contribution < -0.4 is 16.6 Å². The van der Waals surface area contributed by atoms with Crippen molar-refractivity contribution in [2.75, 3.05) is 6.54 Å². The lowest BCUT2D eigenvalue weighted by molar-refractivity contribution is 0.0948. The predicted octanol–water partition coefficient (Wildman–Crippen LogP) is 1.31. The molecule has 0 atom stereocenters. The van der Waals surface area contributed by atoms with E-state index in [0.29, 0.717) is 13.0 Å². The summed E-state index contributed by atoms with van der Waals surface area (Å²) in [6, 6.07) is 9.08. The molecule has 0 fully saturated rings. The normalized spacial score (nSPS) is 10.6. The van der Waals surface area contributed by atoms with Crippen molar-refractivity contribution in [1.82, 2.24) is 14.5 Å². The van der Waals surface area contributed by atoms with Crippen LogP contribution in [0.4, 0.5) is 0 Å². The molecule has 0 bridgehead atoms. The number of hydrogen-bond donors (Lipinski definition) is 2. The van der Waals surface area contributed by atoms with E-state index in [9.17, 15) is 19.5 Å². The molecule has 134 valence electrons. The van der Waals surface area contributed by atoms with Gasteiger partial charge in [-0.05, 0) is 18.9 Å². The van der Waals surface area contributed by atoms with Gasteiger partial charge in [0, 0.05) is 13.1 Å². The molecule has 2 rings (SSSR count). The van der Waals surface area contributed by atoms with Gasteiger partial charge in [-0.15, -0.1) is 0 Å². The van der Waals surface area contributed by atoms with Gasteiger partial charge in [-0.2, -0.15) is 0 Å². The fourth-order valence-electron chi connectivity index (χ4n) is 2.56. The van der Waals surface area contributed by atoms with E-state index in [2.05, 4.69) is 5.32 Å². The van der Waals surface area contributed by atoms with Gasteiger partial charge in [0.15, 0.2) is 5.56 Å². The van der Waals surface area contributed by atoms with Crippen LogP contribution in [-0.2, 0) is 13.1 Å². The molecule has 1 heterocycles. The van der Waals surface area contributed by atoms with Crippen LogP contribution in [0.1, 0.15) is 42.6 Å². The molecule has 0 saturated carbocycles. The van der Waals surface area contributed by atoms with Crippen molar-refractivity contribution >= 4 is 5.91 Å². The molecule has 0 spiro atoms. The smallest absolute Gasteiger partial charge is 0.334 e. The van der Waals surface area contributed by atoms with Gasteiger partial charge in [-0.1, -0.05) is 43.7 Å². The zero-order valence-electron chi connectivity index (χ0n) is 14.5. The van der Waals surface area contributed by atoms with Crippen molar-refractivity contribution in [2.45, 2.75) is 39.8 Å². The number of unbranched alkanes of at least 4 members (excludes halogenated alkanes) is 1. The largest absolute Gasteiger partial charge is 0.494 e. The van der Waals surface area contributed by atoms with Crippen molar-refractivity contribution in [3.8, 4) is 5.88 Å². The van der Waals surface area contributed by atoms with Gasteiger partial charge in [0.05, 0.1) is 6.54 Å². The molecule has 2 aromatic rings. The van der Waals surface area contributed by atoms with Gasteiger partial charge in [-0.3, -0.25) is 18.7 Å². The molecule has 7 heteroatoms. The Kier molecular flexibility index (Phi) is 6.16. The lowest BCUT2D eigenvalue weighted by Crippen LogP contribution is -2.44. The first-order valence-electron chi connectivity index (χ1n) is 8.39. The molecule has 7 nitrogen and oxygen atoms in total. The van der Waals surface area contributed by atoms with Gasteiger partial charge in [-0.25, -0.2) is 4.79 Å². The van der Waals surface area contributed by atoms with E-state index in [1.807, 2.05) is 25.1 Å². The third-order valence-corrected chi connectivity index (χ3v) is 3.88. The lowest BCUT2D eigenvalue weighted by Gasteiger charge is -2.15. The van der Waals surface area contributed by atoms with Crippen molar-refractivity contribution in [3.05, 3.63) is 62.3 Å². The summed E-state index contributed by atoms with van der Waals surface area (Å²) in [6.45, 7) is 4.24. The van der Waals surface area contributed by atoms with Crippen LogP contribution in [-0.4, -0.2) is 26.7 Å². The SMILES string of the molecule is CCCCn1c(=O)c(C(=O)NCC)c(O)n(Cc2ccccc2)c1=O. The summed E-state index contributed by atoms with van der Waals surface area (Å²) < 4.78 is 2.09. The maximum atomic E-state index is 12.7. The third kappa shape index (κ3) is 3.99. The minimum Gasteiger partial charge on any atom is -0.494 e. The van der Waals surface area contributed by atoms with Crippen LogP contribution >= 0.6 is 0 Å². The zero-order chi connectivity index (χ0) is 18.4. The average molecular weight is 345 g/mol. The van der Waals surface area contributed by atoms with E-state index in [1.54, 1.807) is 19.1 Å². The molecule has 0 aliphatic rings. The molecule has 0 unspecified atom stereocenters. The minimum atomic E-state index is -0.758. The molecule has 25 heavy (non-hydrogen) atoms. The number of hydrogen-bond acceptors (Lipinski definition) is 4. The van der Waals surface area contributed by atoms with E-state index in [4.69, 9.17) is 0 Å². The number of amides is 1. The molecule has 1 aromatic carbocycles. The summed E-state index contributed by atoms with van der Waals surface area (Å²) in [4.78, 5) is 37.5. The number of benzene rings is 1. The Bertz CT molecular complexity index is 853. The Morgan fingerprint density at radius 3 is 2.40 bits per heavy atom. The first-order valence-corrected chi connectivity index (χ1v) is 8.39. The predicted molar refractivity (Wildman–Crippen MR) is 95.1 cm³/mol. The molecule has 0 aliphatic heterocycles. The Hall–Kier alpha value is -2.83. The zero-order valence-corrected chi connectivity index (χ0v) is 14.5. The summed E-state index contributed by atoms with van der Waals surface area (Å²) in [5, 5.41) is 13.0. The monoisotopic (exact) mass is 345 g/mol. The second-order valence-corrected chi connectivity index (χ2v) is 5.72. The van der Waals surface area contributed by atoms with Crippen molar-refractivity contribution in [3.63, 3.8) is 0 Å². The minimum absolute atomic E-state index is 0.0737. The van der Waals surface area contributed by atoms with Crippen LogP contribution in [0.5, 0.6) is 5.88 Å². The van der Waals surface area contributed by atoms with Crippen LogP contribution in [0.3, 0.4) is 0 Å². The molecule has 0 saturated heterocycles. The van der Waals surface area contributed by atoms with E-state index in [1.165, 1.54) is 0 Å². The standard InChI is InChI=1S/C18H23N3O4/c1-3-5-11-20-16(23)14(15(22)19-4-2)17(24)21(18(20)25)12-13-9-7-6-8-10-13/h6-10,24H,3-5,11-12H2,1-2H3,(H,19,22). The maximum absolute atomic E-state index is 12.7. The van der Waals surface area contributed by atoms with Crippen molar-refractivity contribution in [1.29, 1.82) is 0 Å². The lowest BCUT2D eigenvalue weighted by atomic mass is 10.2. The van der Waals surface area contributed by atoms with Gasteiger partial charge in [0.2, 0.25) is 5.88 Å². The quantitative estimate of drug-likeness (QED) is 0.791. The summed E-state index contributed by atoms with van der Waals surface area (Å²) in [6.07, 6.45) is 1.42. The summed E-state index contributed by atoms with van der Waals surface area (Å²) in [5.41, 5.74) is -0.991. The van der Waals surface area contributed by atoms with E-state index < -0.39 is 28.6 Å². The van der Waals surface area contributed by atoms with Crippen LogP contribution in [0.2, 0.25) is 0 Å². The van der Waals surface area contributed by atoms with Crippen LogP contribution in [0, 0.1) is 0 Å². The molecule has 0 aliphatic carbocycles. The highest BCUT2D eigenvalue weighted by atomic mass is 16.3. The van der Waals surface area contributed by atoms with E-state index in [0.717, 1.165) is 21.1 Å². The van der Waals surface area contributed by atoms with Crippen molar-refractivity contribution in [2.24, 2.45) is 0 Å². The number of nitrogens with zero attached hydrogens (tertiary/aromatic N) is 2. The maximum Gasteiger partial charge on any atom is 0.334 e. The fourth-order valence-corrected chi connectivity index (χ4v) is 2.56. The average Bonchev–Trinajstić information content (AvgIpc) is 2.60. The van der Waals surface area contributed by atoms with Gasteiger partial charge >= 0.3 is 5.69 Å². The number of rotatable bonds is 7. The van der Waals surface area contributed by atoms with Crippen molar-refractivity contribution < 1.29 is 9.90 Å². The Morgan fingerprint density at radius 2 is 1.80 bits per heavy atom.